The highest BCUT2D eigenvalue weighted by Crippen LogP contribution is 2.44. The van der Waals surface area contributed by atoms with Crippen molar-refractivity contribution in [3.8, 4) is 5.75 Å². The van der Waals surface area contributed by atoms with Gasteiger partial charge in [0.1, 0.15) is 5.75 Å². The van der Waals surface area contributed by atoms with Crippen molar-refractivity contribution in [2.45, 2.75) is 62.3 Å². The molecular formula is C24H30O. The van der Waals surface area contributed by atoms with Gasteiger partial charge in [0.25, 0.3) is 0 Å². The van der Waals surface area contributed by atoms with E-state index >= 15 is 0 Å². The molecular weight excluding hydrogens is 304 g/mol. The van der Waals surface area contributed by atoms with Gasteiger partial charge in [0.05, 0.1) is 7.11 Å². The van der Waals surface area contributed by atoms with Crippen molar-refractivity contribution < 1.29 is 4.74 Å². The molecule has 3 aromatic carbocycles. The van der Waals surface area contributed by atoms with E-state index in [-0.39, 0.29) is 0 Å². The number of hydrogen-bond donors (Lipinski definition) is 0. The molecule has 0 bridgehead atoms. The summed E-state index contributed by atoms with van der Waals surface area (Å²) in [5.74, 6) is 1.03. The summed E-state index contributed by atoms with van der Waals surface area (Å²) in [4.78, 5) is 0. The number of fused-ring (bicyclic) bond motifs is 2. The summed E-state index contributed by atoms with van der Waals surface area (Å²) in [6.07, 6.45) is 0. The summed E-state index contributed by atoms with van der Waals surface area (Å²) in [6.45, 7) is 20.3. The number of aryl methyl sites for hydroxylation is 6. The zero-order valence-electron chi connectivity index (χ0n) is 17.4. The van der Waals surface area contributed by atoms with E-state index in [0.29, 0.717) is 0 Å². The zero-order valence-corrected chi connectivity index (χ0v) is 17.4. The molecule has 3 rings (SSSR count). The van der Waals surface area contributed by atoms with Crippen LogP contribution in [0.1, 0.15) is 50.1 Å². The molecule has 0 radical (unpaired) electrons. The van der Waals surface area contributed by atoms with Crippen LogP contribution in [-0.2, 0) is 0 Å². The van der Waals surface area contributed by atoms with E-state index in [2.05, 4.69) is 62.3 Å². The quantitative estimate of drug-likeness (QED) is 0.446. The predicted molar refractivity (Wildman–Crippen MR) is 111 cm³/mol. The highest BCUT2D eigenvalue weighted by molar-refractivity contribution is 6.11. The Bertz CT molecular complexity index is 1050. The molecule has 1 nitrogen and oxygen atoms in total. The van der Waals surface area contributed by atoms with E-state index in [1.807, 2.05) is 0 Å². The Labute approximate surface area is 152 Å². The first-order valence-electron chi connectivity index (χ1n) is 9.11. The minimum atomic E-state index is 1.03. The molecule has 0 unspecified atom stereocenters. The molecule has 0 aliphatic rings. The van der Waals surface area contributed by atoms with Crippen molar-refractivity contribution in [1.82, 2.24) is 0 Å². The minimum Gasteiger partial charge on any atom is -0.496 e. The maximum absolute atomic E-state index is 5.77. The molecule has 0 spiro atoms. The SMILES string of the molecule is COc1c(C)c(C)c2c(C)c3c(C)c(C)c(C)c(C)c3c(C)c2c1C. The van der Waals surface area contributed by atoms with Crippen LogP contribution in [0.5, 0.6) is 5.75 Å². The first-order valence-corrected chi connectivity index (χ1v) is 9.11. The number of rotatable bonds is 1. The van der Waals surface area contributed by atoms with Crippen LogP contribution in [-0.4, -0.2) is 7.11 Å². The monoisotopic (exact) mass is 334 g/mol. The average molecular weight is 335 g/mol. The third-order valence-electron chi connectivity index (χ3n) is 6.64. The van der Waals surface area contributed by atoms with Crippen molar-refractivity contribution in [3.05, 3.63) is 50.1 Å². The van der Waals surface area contributed by atoms with Gasteiger partial charge in [0, 0.05) is 0 Å². The Balaban J connectivity index is 2.79. The molecule has 0 aromatic heterocycles. The predicted octanol–water partition coefficient (Wildman–Crippen LogP) is 6.78. The molecule has 0 saturated heterocycles. The van der Waals surface area contributed by atoms with Gasteiger partial charge in [0.2, 0.25) is 0 Å². The molecule has 0 fully saturated rings. The normalized spacial score (nSPS) is 11.6. The fraction of sp³-hybridized carbons (Fsp3) is 0.417. The first-order chi connectivity index (χ1) is 11.6. The van der Waals surface area contributed by atoms with Gasteiger partial charge in [-0.2, -0.15) is 0 Å². The molecule has 0 aliphatic carbocycles. The van der Waals surface area contributed by atoms with Gasteiger partial charge in [-0.1, -0.05) is 0 Å². The maximum Gasteiger partial charge on any atom is 0.125 e. The topological polar surface area (TPSA) is 9.23 Å². The number of benzene rings is 3. The largest absolute Gasteiger partial charge is 0.496 e. The van der Waals surface area contributed by atoms with Gasteiger partial charge in [-0.15, -0.1) is 0 Å². The van der Waals surface area contributed by atoms with Crippen LogP contribution in [0.2, 0.25) is 0 Å². The van der Waals surface area contributed by atoms with Crippen molar-refractivity contribution in [3.63, 3.8) is 0 Å². The lowest BCUT2D eigenvalue weighted by molar-refractivity contribution is 0.409. The second-order valence-electron chi connectivity index (χ2n) is 7.66. The Morgan fingerprint density at radius 1 is 0.360 bits per heavy atom. The summed E-state index contributed by atoms with van der Waals surface area (Å²) in [7, 11) is 1.78. The van der Waals surface area contributed by atoms with Crippen LogP contribution >= 0.6 is 0 Å². The van der Waals surface area contributed by atoms with Gasteiger partial charge in [-0.05, 0) is 134 Å². The van der Waals surface area contributed by atoms with Gasteiger partial charge in [-0.25, -0.2) is 0 Å². The van der Waals surface area contributed by atoms with E-state index in [1.165, 1.54) is 71.6 Å². The standard InChI is InChI=1S/C24H30O/c1-11-12(2)14(4)21-18(8)23-19(9)24(25-10)16(6)15(5)22(23)17(7)20(21)13(11)3/h1-10H3. The van der Waals surface area contributed by atoms with Gasteiger partial charge < -0.3 is 4.74 Å². The van der Waals surface area contributed by atoms with Crippen molar-refractivity contribution >= 4 is 21.5 Å². The molecule has 0 aliphatic heterocycles. The lowest BCUT2D eigenvalue weighted by atomic mass is 9.81. The molecule has 25 heavy (non-hydrogen) atoms. The summed E-state index contributed by atoms with van der Waals surface area (Å²) in [6, 6.07) is 0. The zero-order chi connectivity index (χ0) is 18.8. The highest BCUT2D eigenvalue weighted by atomic mass is 16.5. The Hall–Kier alpha value is -2.02. The fourth-order valence-corrected chi connectivity index (χ4v) is 4.87. The van der Waals surface area contributed by atoms with E-state index in [1.54, 1.807) is 7.11 Å². The highest BCUT2D eigenvalue weighted by Gasteiger charge is 2.21. The van der Waals surface area contributed by atoms with Crippen molar-refractivity contribution in [1.29, 1.82) is 0 Å². The summed E-state index contributed by atoms with van der Waals surface area (Å²) in [5.41, 5.74) is 12.3. The van der Waals surface area contributed by atoms with Gasteiger partial charge in [-0.3, -0.25) is 0 Å². The van der Waals surface area contributed by atoms with Crippen LogP contribution < -0.4 is 4.74 Å². The van der Waals surface area contributed by atoms with Crippen LogP contribution in [0.15, 0.2) is 0 Å². The molecule has 0 saturated carbocycles. The molecule has 3 aromatic rings. The molecule has 0 heterocycles. The maximum atomic E-state index is 5.77. The van der Waals surface area contributed by atoms with Crippen LogP contribution in [0.3, 0.4) is 0 Å². The number of ether oxygens (including phenoxy) is 1. The van der Waals surface area contributed by atoms with Gasteiger partial charge >= 0.3 is 0 Å². The Morgan fingerprint density at radius 2 is 0.680 bits per heavy atom. The summed E-state index contributed by atoms with van der Waals surface area (Å²) >= 11 is 0. The lowest BCUT2D eigenvalue weighted by Crippen LogP contribution is -2.03. The molecule has 0 N–H and O–H groups in total. The Morgan fingerprint density at radius 3 is 1.04 bits per heavy atom. The average Bonchev–Trinajstić information content (AvgIpc) is 2.57. The van der Waals surface area contributed by atoms with E-state index in [9.17, 15) is 0 Å². The van der Waals surface area contributed by atoms with Gasteiger partial charge in [0.15, 0.2) is 0 Å². The second kappa shape index (κ2) is 5.76. The molecule has 0 atom stereocenters. The number of hydrogen-bond acceptors (Lipinski definition) is 1. The fourth-order valence-electron chi connectivity index (χ4n) is 4.87. The van der Waals surface area contributed by atoms with Crippen LogP contribution in [0.4, 0.5) is 0 Å². The first kappa shape index (κ1) is 17.8. The molecule has 1 heteroatoms. The smallest absolute Gasteiger partial charge is 0.125 e. The number of methoxy groups -OCH3 is 1. The van der Waals surface area contributed by atoms with E-state index in [4.69, 9.17) is 4.74 Å². The third kappa shape index (κ3) is 2.14. The van der Waals surface area contributed by atoms with Crippen LogP contribution in [0.25, 0.3) is 21.5 Å². The van der Waals surface area contributed by atoms with Crippen LogP contribution in [0, 0.1) is 62.3 Å². The molecule has 132 valence electrons. The molecule has 0 amide bonds. The second-order valence-corrected chi connectivity index (χ2v) is 7.66. The van der Waals surface area contributed by atoms with E-state index < -0.39 is 0 Å². The Kier molecular flexibility index (Phi) is 4.10. The van der Waals surface area contributed by atoms with E-state index in [0.717, 1.165) is 5.75 Å². The lowest BCUT2D eigenvalue weighted by Gasteiger charge is -2.24. The summed E-state index contributed by atoms with van der Waals surface area (Å²) in [5, 5.41) is 5.65. The third-order valence-corrected chi connectivity index (χ3v) is 6.64. The minimum absolute atomic E-state index is 1.03. The van der Waals surface area contributed by atoms with Crippen molar-refractivity contribution in [2.24, 2.45) is 0 Å². The summed E-state index contributed by atoms with van der Waals surface area (Å²) < 4.78 is 5.77. The van der Waals surface area contributed by atoms with Crippen molar-refractivity contribution in [2.75, 3.05) is 7.11 Å².